The molecule has 1 aliphatic heterocycles. The monoisotopic (exact) mass is 191 g/mol. The predicted molar refractivity (Wildman–Crippen MR) is 55.1 cm³/mol. The summed E-state index contributed by atoms with van der Waals surface area (Å²) in [7, 11) is 1.90. The molecule has 5 heteroatoms. The van der Waals surface area contributed by atoms with Crippen molar-refractivity contribution in [2.75, 3.05) is 0 Å². The zero-order valence-corrected chi connectivity index (χ0v) is 8.31. The van der Waals surface area contributed by atoms with Crippen LogP contribution < -0.4 is 5.73 Å². The van der Waals surface area contributed by atoms with Gasteiger partial charge >= 0.3 is 0 Å². The van der Waals surface area contributed by atoms with E-state index in [4.69, 9.17) is 5.73 Å². The lowest BCUT2D eigenvalue weighted by Crippen LogP contribution is -2.26. The van der Waals surface area contributed by atoms with E-state index >= 15 is 0 Å². The van der Waals surface area contributed by atoms with E-state index < -0.39 is 0 Å². The molecular weight excluding hydrogens is 178 g/mol. The van der Waals surface area contributed by atoms with E-state index in [9.17, 15) is 0 Å². The summed E-state index contributed by atoms with van der Waals surface area (Å²) in [5, 5.41) is 12.1. The van der Waals surface area contributed by atoms with Crippen LogP contribution in [0.15, 0.2) is 22.5 Å². The van der Waals surface area contributed by atoms with Crippen LogP contribution in [-0.2, 0) is 7.05 Å². The molecule has 14 heavy (non-hydrogen) atoms. The number of nitrogens with two attached hydrogens (primary N) is 1. The van der Waals surface area contributed by atoms with Crippen LogP contribution in [0, 0.1) is 5.92 Å². The van der Waals surface area contributed by atoms with Crippen LogP contribution in [0.25, 0.3) is 0 Å². The van der Waals surface area contributed by atoms with Gasteiger partial charge in [0.15, 0.2) is 0 Å². The third kappa shape index (κ3) is 1.41. The van der Waals surface area contributed by atoms with E-state index in [-0.39, 0.29) is 0 Å². The Balaban J connectivity index is 2.40. The molecule has 2 N–H and O–H groups in total. The Bertz CT molecular complexity index is 401. The average molecular weight is 191 g/mol. The van der Waals surface area contributed by atoms with Crippen molar-refractivity contribution in [3.63, 3.8) is 0 Å². The van der Waals surface area contributed by atoms with Gasteiger partial charge in [-0.3, -0.25) is 4.68 Å². The molecular formula is C9H13N5. The number of hydrogen-bond acceptors (Lipinski definition) is 4. The van der Waals surface area contributed by atoms with Gasteiger partial charge < -0.3 is 5.73 Å². The molecule has 0 saturated carbocycles. The summed E-state index contributed by atoms with van der Waals surface area (Å²) >= 11 is 0. The Morgan fingerprint density at radius 3 is 2.86 bits per heavy atom. The first-order valence-electron chi connectivity index (χ1n) is 4.56. The standard InChI is InChI=1S/C9H13N5/c1-6-5-8(10)12-13-9(6)7-3-4-11-14(7)2/h3-4,6H,5H2,1-2H3,(H2,10,12). The largest absolute Gasteiger partial charge is 0.386 e. The summed E-state index contributed by atoms with van der Waals surface area (Å²) in [6, 6.07) is 1.94. The van der Waals surface area contributed by atoms with Crippen molar-refractivity contribution < 1.29 is 0 Å². The summed E-state index contributed by atoms with van der Waals surface area (Å²) in [6.45, 7) is 2.09. The van der Waals surface area contributed by atoms with Gasteiger partial charge in [-0.2, -0.15) is 10.2 Å². The van der Waals surface area contributed by atoms with Gasteiger partial charge in [-0.1, -0.05) is 6.92 Å². The number of hydrogen-bond donors (Lipinski definition) is 1. The molecule has 1 unspecified atom stereocenters. The molecule has 1 aliphatic rings. The quantitative estimate of drug-likeness (QED) is 0.703. The molecule has 74 valence electrons. The minimum atomic E-state index is 0.308. The van der Waals surface area contributed by atoms with E-state index in [2.05, 4.69) is 22.2 Å². The molecule has 0 spiro atoms. The van der Waals surface area contributed by atoms with Crippen molar-refractivity contribution in [2.24, 2.45) is 28.9 Å². The van der Waals surface area contributed by atoms with Gasteiger partial charge in [0.1, 0.15) is 5.84 Å². The second-order valence-electron chi connectivity index (χ2n) is 3.52. The predicted octanol–water partition coefficient (Wildman–Crippen LogP) is 0.521. The van der Waals surface area contributed by atoms with Gasteiger partial charge in [0.05, 0.1) is 11.4 Å². The normalized spacial score (nSPS) is 21.7. The van der Waals surface area contributed by atoms with E-state index in [0.29, 0.717) is 11.8 Å². The minimum Gasteiger partial charge on any atom is -0.386 e. The molecule has 5 nitrogen and oxygen atoms in total. The maximum Gasteiger partial charge on any atom is 0.123 e. The lowest BCUT2D eigenvalue weighted by atomic mass is 9.98. The first kappa shape index (κ1) is 8.93. The van der Waals surface area contributed by atoms with Crippen molar-refractivity contribution in [3.05, 3.63) is 18.0 Å². The Morgan fingerprint density at radius 2 is 2.29 bits per heavy atom. The van der Waals surface area contributed by atoms with Gasteiger partial charge in [-0.25, -0.2) is 0 Å². The van der Waals surface area contributed by atoms with Crippen molar-refractivity contribution in [1.29, 1.82) is 0 Å². The second kappa shape index (κ2) is 3.25. The highest BCUT2D eigenvalue weighted by molar-refractivity contribution is 6.04. The van der Waals surface area contributed by atoms with Crippen molar-refractivity contribution in [2.45, 2.75) is 13.3 Å². The molecule has 0 fully saturated rings. The average Bonchev–Trinajstić information content (AvgIpc) is 2.52. The summed E-state index contributed by atoms with van der Waals surface area (Å²) < 4.78 is 1.80. The highest BCUT2D eigenvalue weighted by atomic mass is 15.3. The molecule has 0 radical (unpaired) electrons. The molecule has 2 heterocycles. The maximum atomic E-state index is 5.60. The zero-order valence-electron chi connectivity index (χ0n) is 8.31. The van der Waals surface area contributed by atoms with Crippen LogP contribution in [0.1, 0.15) is 19.0 Å². The maximum absolute atomic E-state index is 5.60. The van der Waals surface area contributed by atoms with E-state index in [1.807, 2.05) is 13.1 Å². The Kier molecular flexibility index (Phi) is 2.07. The zero-order chi connectivity index (χ0) is 10.1. The van der Waals surface area contributed by atoms with Crippen molar-refractivity contribution >= 4 is 11.5 Å². The van der Waals surface area contributed by atoms with E-state index in [1.165, 1.54) is 0 Å². The van der Waals surface area contributed by atoms with E-state index in [1.54, 1.807) is 10.9 Å². The first-order valence-corrected chi connectivity index (χ1v) is 4.56. The molecule has 0 saturated heterocycles. The van der Waals surface area contributed by atoms with Gasteiger partial charge in [0.2, 0.25) is 0 Å². The van der Waals surface area contributed by atoms with Crippen LogP contribution in [0.3, 0.4) is 0 Å². The molecule has 0 aromatic carbocycles. The number of nitrogens with zero attached hydrogens (tertiary/aromatic N) is 4. The molecule has 2 rings (SSSR count). The fraction of sp³-hybridized carbons (Fsp3) is 0.444. The van der Waals surface area contributed by atoms with Crippen LogP contribution in [0.5, 0.6) is 0 Å². The third-order valence-corrected chi connectivity index (χ3v) is 2.35. The lowest BCUT2D eigenvalue weighted by Gasteiger charge is -2.16. The van der Waals surface area contributed by atoms with Gasteiger partial charge in [-0.15, -0.1) is 5.10 Å². The fourth-order valence-corrected chi connectivity index (χ4v) is 1.60. The van der Waals surface area contributed by atoms with Crippen LogP contribution in [0.4, 0.5) is 0 Å². The Hall–Kier alpha value is -1.65. The molecule has 0 aliphatic carbocycles. The fourth-order valence-electron chi connectivity index (χ4n) is 1.60. The van der Waals surface area contributed by atoms with Gasteiger partial charge in [0.25, 0.3) is 0 Å². The van der Waals surface area contributed by atoms with Crippen LogP contribution >= 0.6 is 0 Å². The number of aryl methyl sites for hydroxylation is 1. The SMILES string of the molecule is CC1CC(N)=NN=C1c1ccnn1C. The third-order valence-electron chi connectivity index (χ3n) is 2.35. The van der Waals surface area contributed by atoms with Gasteiger partial charge in [-0.05, 0) is 6.07 Å². The first-order chi connectivity index (χ1) is 6.68. The molecule has 1 aromatic heterocycles. The second-order valence-corrected chi connectivity index (χ2v) is 3.52. The summed E-state index contributed by atoms with van der Waals surface area (Å²) in [5.41, 5.74) is 7.56. The Labute approximate surface area is 82.3 Å². The number of rotatable bonds is 1. The smallest absolute Gasteiger partial charge is 0.123 e. The topological polar surface area (TPSA) is 68.6 Å². The van der Waals surface area contributed by atoms with Gasteiger partial charge in [0, 0.05) is 25.6 Å². The van der Waals surface area contributed by atoms with E-state index in [0.717, 1.165) is 17.8 Å². The highest BCUT2D eigenvalue weighted by Crippen LogP contribution is 2.16. The molecule has 1 aromatic rings. The Morgan fingerprint density at radius 1 is 1.50 bits per heavy atom. The summed E-state index contributed by atoms with van der Waals surface area (Å²) in [4.78, 5) is 0. The number of aromatic nitrogens is 2. The number of amidine groups is 1. The minimum absolute atomic E-state index is 0.308. The summed E-state index contributed by atoms with van der Waals surface area (Å²) in [5.74, 6) is 0.909. The molecule has 0 bridgehead atoms. The molecule has 0 amide bonds. The van der Waals surface area contributed by atoms with Crippen molar-refractivity contribution in [1.82, 2.24) is 9.78 Å². The van der Waals surface area contributed by atoms with Crippen molar-refractivity contribution in [3.8, 4) is 0 Å². The van der Waals surface area contributed by atoms with Crippen LogP contribution in [-0.4, -0.2) is 21.3 Å². The summed E-state index contributed by atoms with van der Waals surface area (Å²) in [6.07, 6.45) is 2.52. The molecule has 1 atom stereocenters. The van der Waals surface area contributed by atoms with Crippen LogP contribution in [0.2, 0.25) is 0 Å². The lowest BCUT2D eigenvalue weighted by molar-refractivity contribution is 0.727. The highest BCUT2D eigenvalue weighted by Gasteiger charge is 2.20.